The van der Waals surface area contributed by atoms with Crippen molar-refractivity contribution in [3.63, 3.8) is 0 Å². The van der Waals surface area contributed by atoms with Crippen LogP contribution in [0.15, 0.2) is 30.3 Å². The first-order chi connectivity index (χ1) is 15.4. The van der Waals surface area contributed by atoms with Crippen molar-refractivity contribution in [3.8, 4) is 0 Å². The van der Waals surface area contributed by atoms with E-state index in [1.54, 1.807) is 4.90 Å². The van der Waals surface area contributed by atoms with Crippen LogP contribution in [0.25, 0.3) is 0 Å². The largest absolute Gasteiger partial charge is 1.00 e. The molecule has 0 aliphatic carbocycles. The summed E-state index contributed by atoms with van der Waals surface area (Å²) in [5, 5.41) is 0. The van der Waals surface area contributed by atoms with Gasteiger partial charge in [0.1, 0.15) is 6.54 Å². The smallest absolute Gasteiger partial charge is 0.232 e. The van der Waals surface area contributed by atoms with Crippen LogP contribution in [0.3, 0.4) is 0 Å². The predicted octanol–water partition coefficient (Wildman–Crippen LogP) is 3.34. The molecule has 1 fully saturated rings. The van der Waals surface area contributed by atoms with Crippen LogP contribution in [0.4, 0.5) is 0 Å². The van der Waals surface area contributed by atoms with Gasteiger partial charge >= 0.3 is 0 Å². The summed E-state index contributed by atoms with van der Waals surface area (Å²) in [6, 6.07) is 10.5. The molecule has 1 heterocycles. The van der Waals surface area contributed by atoms with Crippen molar-refractivity contribution >= 4 is 11.8 Å². The molecule has 0 N–H and O–H groups in total. The van der Waals surface area contributed by atoms with Crippen molar-refractivity contribution in [1.82, 2.24) is 4.90 Å². The summed E-state index contributed by atoms with van der Waals surface area (Å²) in [6.45, 7) is 4.75. The van der Waals surface area contributed by atoms with Gasteiger partial charge in [-0.15, -0.1) is 0 Å². The van der Waals surface area contributed by atoms with Crippen LogP contribution < -0.4 is 12.4 Å². The Kier molecular flexibility index (Phi) is 14.6. The van der Waals surface area contributed by atoms with Crippen molar-refractivity contribution in [3.05, 3.63) is 35.9 Å². The van der Waals surface area contributed by atoms with Crippen LogP contribution in [0, 0.1) is 5.92 Å². The molecule has 1 aliphatic heterocycles. The highest BCUT2D eigenvalue weighted by Crippen LogP contribution is 2.25. The zero-order valence-electron chi connectivity index (χ0n) is 21.4. The van der Waals surface area contributed by atoms with E-state index in [0.29, 0.717) is 13.0 Å². The van der Waals surface area contributed by atoms with E-state index in [1.165, 1.54) is 63.4 Å². The number of quaternary nitrogens is 1. The Bertz CT molecular complexity index is 678. The van der Waals surface area contributed by atoms with Crippen LogP contribution in [0.5, 0.6) is 0 Å². The number of imide groups is 1. The molecule has 0 saturated carbocycles. The quantitative estimate of drug-likeness (QED) is 0.195. The average Bonchev–Trinajstić information content (AvgIpc) is 3.03. The Labute approximate surface area is 209 Å². The zero-order chi connectivity index (χ0) is 23.2. The van der Waals surface area contributed by atoms with Gasteiger partial charge in [-0.05, 0) is 6.42 Å². The highest BCUT2D eigenvalue weighted by Gasteiger charge is 2.37. The fourth-order valence-corrected chi connectivity index (χ4v) is 4.90. The molecule has 0 aromatic heterocycles. The molecule has 1 aromatic rings. The molecular weight excluding hydrogens is 432 g/mol. The van der Waals surface area contributed by atoms with Gasteiger partial charge < -0.3 is 16.9 Å². The van der Waals surface area contributed by atoms with Crippen molar-refractivity contribution < 1.29 is 26.5 Å². The van der Waals surface area contributed by atoms with Gasteiger partial charge in [-0.1, -0.05) is 101 Å². The Balaban J connectivity index is 0.00000544. The van der Waals surface area contributed by atoms with E-state index in [-0.39, 0.29) is 30.1 Å². The van der Waals surface area contributed by atoms with Crippen molar-refractivity contribution in [2.24, 2.45) is 5.92 Å². The molecule has 2 rings (SSSR count). The molecule has 1 saturated heterocycles. The number of halogens is 1. The summed E-state index contributed by atoms with van der Waals surface area (Å²) >= 11 is 0. The number of amides is 2. The lowest BCUT2D eigenvalue weighted by Gasteiger charge is -2.30. The lowest BCUT2D eigenvalue weighted by Crippen LogP contribution is -3.00. The molecule has 188 valence electrons. The molecule has 0 spiro atoms. The third kappa shape index (κ3) is 11.5. The number of unbranched alkanes of at least 4 members (excludes halogenated alkanes) is 9. The van der Waals surface area contributed by atoms with E-state index in [1.807, 2.05) is 6.07 Å². The minimum Gasteiger partial charge on any atom is -1.00 e. The van der Waals surface area contributed by atoms with Crippen LogP contribution >= 0.6 is 0 Å². The van der Waals surface area contributed by atoms with Crippen LogP contribution in [0.1, 0.15) is 96.0 Å². The number of carbonyl (C=O) groups excluding carboxylic acids is 2. The van der Waals surface area contributed by atoms with E-state index in [2.05, 4.69) is 45.3 Å². The molecule has 1 aliphatic rings. The summed E-state index contributed by atoms with van der Waals surface area (Å²) in [5.74, 6) is 0.0584. The summed E-state index contributed by atoms with van der Waals surface area (Å²) < 4.78 is 0.863. The lowest BCUT2D eigenvalue weighted by atomic mass is 9.98. The monoisotopic (exact) mass is 478 g/mol. The van der Waals surface area contributed by atoms with E-state index in [0.717, 1.165) is 36.8 Å². The van der Waals surface area contributed by atoms with Gasteiger partial charge in [0, 0.05) is 30.9 Å². The molecular formula is C28H47ClN2O2. The maximum Gasteiger partial charge on any atom is 0.232 e. The van der Waals surface area contributed by atoms with Crippen molar-refractivity contribution in [2.45, 2.75) is 96.9 Å². The van der Waals surface area contributed by atoms with Gasteiger partial charge in [0.25, 0.3) is 0 Å². The summed E-state index contributed by atoms with van der Waals surface area (Å²) in [5.41, 5.74) is 1.32. The molecule has 1 unspecified atom stereocenters. The second kappa shape index (κ2) is 16.3. The standard InChI is InChI=1S/C28H47N2O2.ClH/c1-4-5-6-7-8-9-10-11-12-16-20-26-23-27(31)29(28(26)32)21-17-22-30(2,3)24-25-18-14-13-15-19-25;/h13-15,18-19,26H,4-12,16-17,20-24H2,1-3H3;1H/q+1;/p-1. The van der Waals surface area contributed by atoms with Crippen molar-refractivity contribution in [2.75, 3.05) is 27.2 Å². The van der Waals surface area contributed by atoms with Crippen LogP contribution in [-0.2, 0) is 16.1 Å². The lowest BCUT2D eigenvalue weighted by molar-refractivity contribution is -0.903. The second-order valence-electron chi connectivity index (χ2n) is 10.4. The first kappa shape index (κ1) is 29.6. The van der Waals surface area contributed by atoms with Gasteiger partial charge in [-0.25, -0.2) is 0 Å². The van der Waals surface area contributed by atoms with Gasteiger partial charge in [-0.2, -0.15) is 0 Å². The summed E-state index contributed by atoms with van der Waals surface area (Å²) in [7, 11) is 4.43. The first-order valence-electron chi connectivity index (χ1n) is 13.1. The zero-order valence-corrected chi connectivity index (χ0v) is 22.1. The Morgan fingerprint density at radius 1 is 0.848 bits per heavy atom. The molecule has 1 atom stereocenters. The fraction of sp³-hybridized carbons (Fsp3) is 0.714. The summed E-state index contributed by atoms with van der Waals surface area (Å²) in [6.07, 6.45) is 15.2. The predicted molar refractivity (Wildman–Crippen MR) is 133 cm³/mol. The maximum atomic E-state index is 12.8. The Morgan fingerprint density at radius 3 is 2.03 bits per heavy atom. The topological polar surface area (TPSA) is 37.4 Å². The van der Waals surface area contributed by atoms with E-state index < -0.39 is 0 Å². The number of carbonyl (C=O) groups is 2. The molecule has 0 radical (unpaired) electrons. The average molecular weight is 479 g/mol. The van der Waals surface area contributed by atoms with Crippen LogP contribution in [0.2, 0.25) is 0 Å². The van der Waals surface area contributed by atoms with E-state index >= 15 is 0 Å². The van der Waals surface area contributed by atoms with Crippen LogP contribution in [-0.4, -0.2) is 48.4 Å². The molecule has 33 heavy (non-hydrogen) atoms. The third-order valence-electron chi connectivity index (χ3n) is 6.84. The fourth-order valence-electron chi connectivity index (χ4n) is 4.90. The van der Waals surface area contributed by atoms with E-state index in [4.69, 9.17) is 0 Å². The SMILES string of the molecule is CCCCCCCCCCCCC1CC(=O)N(CCC[N+](C)(C)Cc2ccccc2)C1=O.[Cl-]. The second-order valence-corrected chi connectivity index (χ2v) is 10.4. The molecule has 5 heteroatoms. The number of nitrogens with zero attached hydrogens (tertiary/aromatic N) is 2. The molecule has 0 bridgehead atoms. The highest BCUT2D eigenvalue weighted by molar-refractivity contribution is 6.03. The maximum absolute atomic E-state index is 12.8. The van der Waals surface area contributed by atoms with Crippen molar-refractivity contribution in [1.29, 1.82) is 0 Å². The normalized spacial score (nSPS) is 16.3. The number of hydrogen-bond acceptors (Lipinski definition) is 2. The van der Waals surface area contributed by atoms with E-state index in [9.17, 15) is 9.59 Å². The summed E-state index contributed by atoms with van der Waals surface area (Å²) in [4.78, 5) is 26.7. The first-order valence-corrected chi connectivity index (χ1v) is 13.1. The minimum atomic E-state index is -0.0663. The molecule has 4 nitrogen and oxygen atoms in total. The van der Waals surface area contributed by atoms with Gasteiger partial charge in [0.15, 0.2) is 0 Å². The number of likely N-dealkylation sites (tertiary alicyclic amines) is 1. The number of benzene rings is 1. The Morgan fingerprint density at radius 2 is 1.42 bits per heavy atom. The molecule has 2 amide bonds. The molecule has 1 aromatic carbocycles. The third-order valence-corrected chi connectivity index (χ3v) is 6.84. The van der Waals surface area contributed by atoms with Gasteiger partial charge in [0.2, 0.25) is 11.8 Å². The van der Waals surface area contributed by atoms with Gasteiger partial charge in [-0.3, -0.25) is 14.5 Å². The number of rotatable bonds is 17. The number of hydrogen-bond donors (Lipinski definition) is 0. The highest BCUT2D eigenvalue weighted by atomic mass is 35.5. The van der Waals surface area contributed by atoms with Gasteiger partial charge in [0.05, 0.1) is 20.6 Å². The Hall–Kier alpha value is -1.39. The minimum absolute atomic E-state index is 0.